The lowest BCUT2D eigenvalue weighted by atomic mass is 9.67. The lowest BCUT2D eigenvalue weighted by Gasteiger charge is -2.33. The summed E-state index contributed by atoms with van der Waals surface area (Å²) in [6, 6.07) is 79.2. The van der Waals surface area contributed by atoms with Crippen molar-refractivity contribution in [2.24, 2.45) is 0 Å². The van der Waals surface area contributed by atoms with E-state index in [4.69, 9.17) is 19.4 Å². The molecule has 0 amide bonds. The van der Waals surface area contributed by atoms with Gasteiger partial charge >= 0.3 is 0 Å². The average Bonchev–Trinajstić information content (AvgIpc) is 3.88. The Bertz CT molecular complexity index is 3400. The van der Waals surface area contributed by atoms with Crippen LogP contribution in [0.15, 0.2) is 229 Å². The number of hydrogen-bond acceptors (Lipinski definition) is 4. The Kier molecular flexibility index (Phi) is 8.36. The average molecular weight is 792 g/mol. The monoisotopic (exact) mass is 791 g/mol. The van der Waals surface area contributed by atoms with Crippen molar-refractivity contribution in [3.63, 3.8) is 0 Å². The van der Waals surface area contributed by atoms with Gasteiger partial charge < -0.3 is 4.42 Å². The molecule has 9 aromatic carbocycles. The van der Waals surface area contributed by atoms with Crippen LogP contribution in [0.3, 0.4) is 0 Å². The SMILES string of the molecule is c1ccc(-c2ccc(-c3nc(-c4cccc(-c5ccccc5)c4)nc(-c4cccc5oc6ccc(C7(c8ccccc8)c8ccccc8-c8ccccc87)cc6c45)n3)cc2)cc1. The Morgan fingerprint density at radius 2 is 0.806 bits per heavy atom. The molecule has 0 saturated heterocycles. The largest absolute Gasteiger partial charge is 0.456 e. The number of rotatable bonds is 7. The van der Waals surface area contributed by atoms with Crippen molar-refractivity contribution in [1.82, 2.24) is 15.0 Å². The van der Waals surface area contributed by atoms with Gasteiger partial charge in [0.25, 0.3) is 0 Å². The Morgan fingerprint density at radius 1 is 0.306 bits per heavy atom. The van der Waals surface area contributed by atoms with Crippen molar-refractivity contribution in [3.05, 3.63) is 247 Å². The zero-order chi connectivity index (χ0) is 41.0. The van der Waals surface area contributed by atoms with Crippen LogP contribution in [0.25, 0.3) is 89.5 Å². The first-order chi connectivity index (χ1) is 30.7. The molecule has 290 valence electrons. The Balaban J connectivity index is 1.08. The second-order valence-corrected chi connectivity index (χ2v) is 15.9. The molecule has 0 atom stereocenters. The summed E-state index contributed by atoms with van der Waals surface area (Å²) in [5.74, 6) is 1.78. The van der Waals surface area contributed by atoms with Gasteiger partial charge in [-0.3, -0.25) is 0 Å². The van der Waals surface area contributed by atoms with Crippen molar-refractivity contribution < 1.29 is 4.42 Å². The number of fused-ring (bicyclic) bond motifs is 6. The second kappa shape index (κ2) is 14.5. The summed E-state index contributed by atoms with van der Waals surface area (Å²) >= 11 is 0. The fraction of sp³-hybridized carbons (Fsp3) is 0.0172. The van der Waals surface area contributed by atoms with Gasteiger partial charge in [0, 0.05) is 27.5 Å². The fourth-order valence-corrected chi connectivity index (χ4v) is 9.62. The normalized spacial score (nSPS) is 12.6. The maximum atomic E-state index is 6.69. The predicted molar refractivity (Wildman–Crippen MR) is 252 cm³/mol. The van der Waals surface area contributed by atoms with Gasteiger partial charge in [-0.1, -0.05) is 200 Å². The van der Waals surface area contributed by atoms with Gasteiger partial charge in [-0.25, -0.2) is 15.0 Å². The molecule has 11 aromatic rings. The molecule has 4 heteroatoms. The maximum Gasteiger partial charge on any atom is 0.164 e. The first kappa shape index (κ1) is 35.7. The van der Waals surface area contributed by atoms with Gasteiger partial charge in [-0.05, 0) is 79.9 Å². The first-order valence-electron chi connectivity index (χ1n) is 21.0. The molecule has 1 aliphatic carbocycles. The minimum atomic E-state index is -0.551. The third-order valence-electron chi connectivity index (χ3n) is 12.4. The summed E-state index contributed by atoms with van der Waals surface area (Å²) in [6.45, 7) is 0. The van der Waals surface area contributed by atoms with Crippen molar-refractivity contribution in [2.45, 2.75) is 5.41 Å². The molecule has 12 rings (SSSR count). The van der Waals surface area contributed by atoms with E-state index in [1.807, 2.05) is 24.3 Å². The molecule has 0 spiro atoms. The smallest absolute Gasteiger partial charge is 0.164 e. The molecule has 2 heterocycles. The van der Waals surface area contributed by atoms with Gasteiger partial charge in [0.1, 0.15) is 11.2 Å². The molecule has 0 bridgehead atoms. The summed E-state index contributed by atoms with van der Waals surface area (Å²) in [6.07, 6.45) is 0. The standard InChI is InChI=1S/C58H37N3O/c1-4-16-38(17-5-1)40-30-32-41(33-31-40)55-59-56(43-21-14-20-42(36-43)39-18-6-2-7-19-39)61-57(60-55)48-26-15-29-53-54(48)49-37-45(34-35-52(49)62-53)58(44-22-8-3-9-23-44)50-27-12-10-24-46(50)47-25-11-13-28-51(47)58/h1-37H. The van der Waals surface area contributed by atoms with Gasteiger partial charge in [0.05, 0.1) is 5.41 Å². The maximum absolute atomic E-state index is 6.69. The fourth-order valence-electron chi connectivity index (χ4n) is 9.62. The predicted octanol–water partition coefficient (Wildman–Crippen LogP) is 14.5. The van der Waals surface area contributed by atoms with E-state index in [1.165, 1.54) is 33.4 Å². The van der Waals surface area contributed by atoms with Crippen LogP contribution in [-0.2, 0) is 5.41 Å². The summed E-state index contributed by atoms with van der Waals surface area (Å²) in [5.41, 5.74) is 15.7. The van der Waals surface area contributed by atoms with Crippen LogP contribution in [0, 0.1) is 0 Å². The Hall–Kier alpha value is -8.21. The third kappa shape index (κ3) is 5.72. The number of furan rings is 1. The Morgan fingerprint density at radius 3 is 1.50 bits per heavy atom. The van der Waals surface area contributed by atoms with E-state index in [0.717, 1.165) is 60.9 Å². The second-order valence-electron chi connectivity index (χ2n) is 15.9. The van der Waals surface area contributed by atoms with Crippen LogP contribution in [0.4, 0.5) is 0 Å². The number of nitrogens with zero attached hydrogens (tertiary/aromatic N) is 3. The van der Waals surface area contributed by atoms with E-state index in [1.54, 1.807) is 0 Å². The lowest BCUT2D eigenvalue weighted by molar-refractivity contribution is 0.668. The summed E-state index contributed by atoms with van der Waals surface area (Å²) < 4.78 is 6.69. The quantitative estimate of drug-likeness (QED) is 0.161. The van der Waals surface area contributed by atoms with E-state index >= 15 is 0 Å². The molecule has 2 aromatic heterocycles. The number of aromatic nitrogens is 3. The van der Waals surface area contributed by atoms with Crippen molar-refractivity contribution in [3.8, 4) is 67.5 Å². The van der Waals surface area contributed by atoms with Crippen LogP contribution in [0.5, 0.6) is 0 Å². The molecular formula is C58H37N3O. The summed E-state index contributed by atoms with van der Waals surface area (Å²) in [4.78, 5) is 15.7. The van der Waals surface area contributed by atoms with Gasteiger partial charge in [-0.15, -0.1) is 0 Å². The van der Waals surface area contributed by atoms with Crippen molar-refractivity contribution >= 4 is 21.9 Å². The van der Waals surface area contributed by atoms with Crippen molar-refractivity contribution in [1.29, 1.82) is 0 Å². The summed E-state index contributed by atoms with van der Waals surface area (Å²) in [7, 11) is 0. The lowest BCUT2D eigenvalue weighted by Crippen LogP contribution is -2.28. The number of benzene rings is 9. The van der Waals surface area contributed by atoms with E-state index in [0.29, 0.717) is 17.5 Å². The van der Waals surface area contributed by atoms with Crippen LogP contribution in [0.1, 0.15) is 22.3 Å². The minimum Gasteiger partial charge on any atom is -0.456 e. The van der Waals surface area contributed by atoms with Crippen LogP contribution in [-0.4, -0.2) is 15.0 Å². The molecular weight excluding hydrogens is 755 g/mol. The Labute approximate surface area is 359 Å². The number of hydrogen-bond donors (Lipinski definition) is 0. The van der Waals surface area contributed by atoms with Gasteiger partial charge in [-0.2, -0.15) is 0 Å². The highest BCUT2D eigenvalue weighted by atomic mass is 16.3. The molecule has 4 nitrogen and oxygen atoms in total. The first-order valence-corrected chi connectivity index (χ1v) is 21.0. The molecule has 1 aliphatic rings. The highest BCUT2D eigenvalue weighted by Crippen LogP contribution is 2.56. The minimum absolute atomic E-state index is 0.551. The molecule has 0 aliphatic heterocycles. The molecule has 0 saturated carbocycles. The zero-order valence-electron chi connectivity index (χ0n) is 33.6. The molecule has 62 heavy (non-hydrogen) atoms. The molecule has 0 unspecified atom stereocenters. The third-order valence-corrected chi connectivity index (χ3v) is 12.4. The van der Waals surface area contributed by atoms with Crippen LogP contribution in [0.2, 0.25) is 0 Å². The van der Waals surface area contributed by atoms with Crippen LogP contribution >= 0.6 is 0 Å². The van der Waals surface area contributed by atoms with E-state index in [9.17, 15) is 0 Å². The molecule has 0 fully saturated rings. The summed E-state index contributed by atoms with van der Waals surface area (Å²) in [5, 5.41) is 1.97. The van der Waals surface area contributed by atoms with Crippen LogP contribution < -0.4 is 0 Å². The van der Waals surface area contributed by atoms with E-state index < -0.39 is 5.41 Å². The molecule has 0 radical (unpaired) electrons. The zero-order valence-corrected chi connectivity index (χ0v) is 33.6. The molecule has 0 N–H and O–H groups in total. The van der Waals surface area contributed by atoms with Gasteiger partial charge in [0.2, 0.25) is 0 Å². The van der Waals surface area contributed by atoms with E-state index in [-0.39, 0.29) is 0 Å². The van der Waals surface area contributed by atoms with Crippen molar-refractivity contribution in [2.75, 3.05) is 0 Å². The topological polar surface area (TPSA) is 51.8 Å². The highest BCUT2D eigenvalue weighted by molar-refractivity contribution is 6.12. The van der Waals surface area contributed by atoms with E-state index in [2.05, 4.69) is 200 Å². The highest BCUT2D eigenvalue weighted by Gasteiger charge is 2.46. The van der Waals surface area contributed by atoms with Gasteiger partial charge in [0.15, 0.2) is 17.5 Å².